The van der Waals surface area contributed by atoms with Gasteiger partial charge in [-0.2, -0.15) is 4.31 Å². The zero-order valence-corrected chi connectivity index (χ0v) is 16.6. The zero-order valence-electron chi connectivity index (χ0n) is 15.0. The summed E-state index contributed by atoms with van der Waals surface area (Å²) in [4.78, 5) is 13.3. The van der Waals surface area contributed by atoms with Crippen LogP contribution in [0.4, 0.5) is 0 Å². The van der Waals surface area contributed by atoms with E-state index in [2.05, 4.69) is 5.32 Å². The summed E-state index contributed by atoms with van der Waals surface area (Å²) >= 11 is 1.64. The number of carbonyl (C=O) groups is 1. The molecule has 26 heavy (non-hydrogen) atoms. The molecular formula is C19H24N2O3S2. The molecule has 1 N–H and O–H groups in total. The van der Waals surface area contributed by atoms with Gasteiger partial charge in [-0.3, -0.25) is 4.79 Å². The van der Waals surface area contributed by atoms with Crippen LogP contribution in [0.15, 0.2) is 59.5 Å². The minimum Gasteiger partial charge on any atom is -0.354 e. The molecule has 0 radical (unpaired) electrons. The van der Waals surface area contributed by atoms with Crippen LogP contribution < -0.4 is 5.32 Å². The van der Waals surface area contributed by atoms with Crippen LogP contribution >= 0.6 is 11.8 Å². The highest BCUT2D eigenvalue weighted by Gasteiger charge is 2.20. The van der Waals surface area contributed by atoms with Crippen molar-refractivity contribution < 1.29 is 13.2 Å². The number of carbonyl (C=O) groups excluding carboxylic acids is 1. The maximum atomic E-state index is 12.1. The van der Waals surface area contributed by atoms with E-state index in [1.54, 1.807) is 11.8 Å². The van der Waals surface area contributed by atoms with Gasteiger partial charge in [-0.25, -0.2) is 8.42 Å². The van der Waals surface area contributed by atoms with Crippen LogP contribution in [0, 0.1) is 6.92 Å². The Labute approximate surface area is 159 Å². The summed E-state index contributed by atoms with van der Waals surface area (Å²) in [5, 5.41) is 2.78. The van der Waals surface area contributed by atoms with E-state index in [0.717, 1.165) is 28.0 Å². The molecule has 0 aliphatic carbocycles. The summed E-state index contributed by atoms with van der Waals surface area (Å²) in [6.07, 6.45) is 1.12. The number of benzene rings is 2. The lowest BCUT2D eigenvalue weighted by Crippen LogP contribution is -2.40. The standard InChI is InChI=1S/C19H24N2O3S2/c1-16-8-10-17(11-9-16)14-21(26(2,23)24)15-19(22)20-12-13-25-18-6-4-3-5-7-18/h3-11H,12-15H2,1-2H3,(H,20,22). The van der Waals surface area contributed by atoms with E-state index >= 15 is 0 Å². The number of thioether (sulfide) groups is 1. The van der Waals surface area contributed by atoms with E-state index < -0.39 is 10.0 Å². The van der Waals surface area contributed by atoms with E-state index in [1.165, 1.54) is 4.31 Å². The van der Waals surface area contributed by atoms with Crippen LogP contribution in [-0.4, -0.2) is 43.7 Å². The number of nitrogens with one attached hydrogen (secondary N) is 1. The molecule has 0 spiro atoms. The van der Waals surface area contributed by atoms with Crippen LogP contribution in [-0.2, 0) is 21.4 Å². The largest absolute Gasteiger partial charge is 0.354 e. The van der Waals surface area contributed by atoms with Gasteiger partial charge in [0.25, 0.3) is 0 Å². The summed E-state index contributed by atoms with van der Waals surface area (Å²) in [6.45, 7) is 2.47. The molecule has 1 amide bonds. The number of rotatable bonds is 9. The van der Waals surface area contributed by atoms with Crippen LogP contribution in [0.25, 0.3) is 0 Å². The van der Waals surface area contributed by atoms with Crippen LogP contribution in [0.5, 0.6) is 0 Å². The van der Waals surface area contributed by atoms with Gasteiger partial charge in [0.2, 0.25) is 15.9 Å². The Morgan fingerprint density at radius 1 is 1.08 bits per heavy atom. The molecule has 0 aromatic heterocycles. The number of nitrogens with zero attached hydrogens (tertiary/aromatic N) is 1. The van der Waals surface area contributed by atoms with Crippen molar-refractivity contribution in [2.45, 2.75) is 18.4 Å². The molecule has 0 aliphatic heterocycles. The molecule has 0 fully saturated rings. The minimum atomic E-state index is -3.47. The van der Waals surface area contributed by atoms with Crippen molar-refractivity contribution in [2.75, 3.05) is 25.1 Å². The third-order valence-corrected chi connectivity index (χ3v) is 5.91. The quantitative estimate of drug-likeness (QED) is 0.526. The number of amides is 1. The Hall–Kier alpha value is -1.83. The van der Waals surface area contributed by atoms with Gasteiger partial charge in [0, 0.05) is 23.7 Å². The van der Waals surface area contributed by atoms with Crippen molar-refractivity contribution in [1.29, 1.82) is 0 Å². The van der Waals surface area contributed by atoms with E-state index in [9.17, 15) is 13.2 Å². The predicted molar refractivity (Wildman–Crippen MR) is 107 cm³/mol. The summed E-state index contributed by atoms with van der Waals surface area (Å²) in [7, 11) is -3.47. The zero-order chi connectivity index (χ0) is 19.0. The second kappa shape index (κ2) is 9.75. The van der Waals surface area contributed by atoms with Gasteiger partial charge in [0.05, 0.1) is 12.8 Å². The topological polar surface area (TPSA) is 66.5 Å². The molecule has 2 aromatic rings. The SMILES string of the molecule is Cc1ccc(CN(CC(=O)NCCSc2ccccc2)S(C)(=O)=O)cc1. The first kappa shape index (κ1) is 20.5. The fourth-order valence-electron chi connectivity index (χ4n) is 2.28. The average molecular weight is 393 g/mol. The second-order valence-electron chi connectivity index (χ2n) is 6.03. The molecule has 5 nitrogen and oxygen atoms in total. The summed E-state index contributed by atoms with van der Waals surface area (Å²) in [5.74, 6) is 0.434. The fraction of sp³-hybridized carbons (Fsp3) is 0.316. The van der Waals surface area contributed by atoms with Crippen LogP contribution in [0.3, 0.4) is 0 Å². The monoisotopic (exact) mass is 392 g/mol. The first-order valence-corrected chi connectivity index (χ1v) is 11.1. The van der Waals surface area contributed by atoms with Crippen molar-refractivity contribution in [3.05, 3.63) is 65.7 Å². The second-order valence-corrected chi connectivity index (χ2v) is 9.18. The average Bonchev–Trinajstić information content (AvgIpc) is 2.60. The third-order valence-electron chi connectivity index (χ3n) is 3.70. The Balaban J connectivity index is 1.83. The van der Waals surface area contributed by atoms with Crippen molar-refractivity contribution in [3.8, 4) is 0 Å². The molecule has 2 aromatic carbocycles. The van der Waals surface area contributed by atoms with E-state index in [4.69, 9.17) is 0 Å². The summed E-state index contributed by atoms with van der Waals surface area (Å²) in [6, 6.07) is 17.5. The number of aryl methyl sites for hydroxylation is 1. The molecule has 0 bridgehead atoms. The normalized spacial score (nSPS) is 11.5. The van der Waals surface area contributed by atoms with E-state index in [0.29, 0.717) is 6.54 Å². The molecule has 2 rings (SSSR count). The number of sulfonamides is 1. The highest BCUT2D eigenvalue weighted by Crippen LogP contribution is 2.15. The number of hydrogen-bond acceptors (Lipinski definition) is 4. The Kier molecular flexibility index (Phi) is 7.68. The lowest BCUT2D eigenvalue weighted by atomic mass is 10.1. The van der Waals surface area contributed by atoms with Crippen molar-refractivity contribution in [1.82, 2.24) is 9.62 Å². The molecule has 0 unspecified atom stereocenters. The first-order chi connectivity index (χ1) is 12.3. The molecule has 0 heterocycles. The Bertz CT molecular complexity index is 806. The van der Waals surface area contributed by atoms with Gasteiger partial charge in [0.15, 0.2) is 0 Å². The van der Waals surface area contributed by atoms with E-state index in [-0.39, 0.29) is 19.0 Å². The van der Waals surface area contributed by atoms with Crippen molar-refractivity contribution >= 4 is 27.7 Å². The first-order valence-electron chi connectivity index (χ1n) is 8.30. The van der Waals surface area contributed by atoms with E-state index in [1.807, 2.05) is 61.5 Å². The molecule has 0 saturated heterocycles. The Morgan fingerprint density at radius 2 is 1.73 bits per heavy atom. The molecule has 0 atom stereocenters. The molecule has 0 aliphatic rings. The summed E-state index contributed by atoms with van der Waals surface area (Å²) < 4.78 is 25.2. The Morgan fingerprint density at radius 3 is 2.35 bits per heavy atom. The predicted octanol–water partition coefficient (Wildman–Crippen LogP) is 2.67. The smallest absolute Gasteiger partial charge is 0.235 e. The van der Waals surface area contributed by atoms with Crippen LogP contribution in [0.1, 0.15) is 11.1 Å². The van der Waals surface area contributed by atoms with Gasteiger partial charge in [-0.1, -0.05) is 48.0 Å². The van der Waals surface area contributed by atoms with Gasteiger partial charge in [-0.05, 0) is 24.6 Å². The molecule has 7 heteroatoms. The third kappa shape index (κ3) is 7.19. The molecule has 140 valence electrons. The lowest BCUT2D eigenvalue weighted by Gasteiger charge is -2.19. The molecule has 0 saturated carbocycles. The maximum absolute atomic E-state index is 12.1. The minimum absolute atomic E-state index is 0.178. The van der Waals surface area contributed by atoms with Gasteiger partial charge in [0.1, 0.15) is 0 Å². The maximum Gasteiger partial charge on any atom is 0.235 e. The van der Waals surface area contributed by atoms with Crippen molar-refractivity contribution in [2.24, 2.45) is 0 Å². The van der Waals surface area contributed by atoms with Crippen LogP contribution in [0.2, 0.25) is 0 Å². The molecular weight excluding hydrogens is 368 g/mol. The van der Waals surface area contributed by atoms with Crippen molar-refractivity contribution in [3.63, 3.8) is 0 Å². The summed E-state index contributed by atoms with van der Waals surface area (Å²) in [5.41, 5.74) is 1.96. The fourth-order valence-corrected chi connectivity index (χ4v) is 3.80. The van der Waals surface area contributed by atoms with Gasteiger partial charge >= 0.3 is 0 Å². The number of hydrogen-bond donors (Lipinski definition) is 1. The lowest BCUT2D eigenvalue weighted by molar-refractivity contribution is -0.121. The highest BCUT2D eigenvalue weighted by molar-refractivity contribution is 7.99. The highest BCUT2D eigenvalue weighted by atomic mass is 32.2. The van der Waals surface area contributed by atoms with Gasteiger partial charge in [-0.15, -0.1) is 11.8 Å². The van der Waals surface area contributed by atoms with Gasteiger partial charge < -0.3 is 5.32 Å².